The molecule has 0 unspecified atom stereocenters. The molecule has 0 spiro atoms. The molecule has 0 aliphatic rings. The number of carboxylic acid groups (broad SMARTS) is 2. The summed E-state index contributed by atoms with van der Waals surface area (Å²) in [6.45, 7) is 0. The highest BCUT2D eigenvalue weighted by molar-refractivity contribution is 9.10. The fourth-order valence-corrected chi connectivity index (χ4v) is 1.61. The van der Waals surface area contributed by atoms with Gasteiger partial charge in [-0.05, 0) is 30.2 Å². The van der Waals surface area contributed by atoms with Gasteiger partial charge in [0.2, 0.25) is 0 Å². The van der Waals surface area contributed by atoms with E-state index in [-0.39, 0.29) is 12.0 Å². The van der Waals surface area contributed by atoms with E-state index in [1.807, 2.05) is 0 Å². The van der Waals surface area contributed by atoms with E-state index in [0.29, 0.717) is 4.47 Å². The van der Waals surface area contributed by atoms with Crippen molar-refractivity contribution < 1.29 is 24.2 Å². The molecule has 0 aromatic heterocycles. The van der Waals surface area contributed by atoms with Crippen LogP contribution in [0, 0.1) is 11.7 Å². The molecular weight excluding hydrogens is 283 g/mol. The zero-order valence-corrected chi connectivity index (χ0v) is 9.57. The molecule has 1 aromatic carbocycles. The summed E-state index contributed by atoms with van der Waals surface area (Å²) in [5.74, 6) is -5.21. The van der Waals surface area contributed by atoms with Gasteiger partial charge in [0.1, 0.15) is 5.82 Å². The molecule has 0 aliphatic heterocycles. The molecule has 0 fully saturated rings. The van der Waals surface area contributed by atoms with Crippen molar-refractivity contribution in [2.75, 3.05) is 0 Å². The normalized spacial score (nSPS) is 10.4. The molecule has 0 aliphatic carbocycles. The number of rotatable bonds is 4. The predicted molar refractivity (Wildman–Crippen MR) is 56.6 cm³/mol. The first kappa shape index (κ1) is 12.6. The van der Waals surface area contributed by atoms with E-state index in [9.17, 15) is 14.0 Å². The van der Waals surface area contributed by atoms with Crippen molar-refractivity contribution in [2.24, 2.45) is 5.92 Å². The van der Waals surface area contributed by atoms with E-state index in [2.05, 4.69) is 15.9 Å². The summed E-state index contributed by atoms with van der Waals surface area (Å²) in [7, 11) is 0. The summed E-state index contributed by atoms with van der Waals surface area (Å²) in [4.78, 5) is 21.3. The SMILES string of the molecule is O=C(O)C(Cc1cc(Br)ccc1F)C(=O)O. The van der Waals surface area contributed by atoms with Crippen LogP contribution in [-0.2, 0) is 16.0 Å². The Morgan fingerprint density at radius 2 is 1.88 bits per heavy atom. The van der Waals surface area contributed by atoms with Crippen LogP contribution in [0.3, 0.4) is 0 Å². The van der Waals surface area contributed by atoms with Crippen LogP contribution < -0.4 is 0 Å². The van der Waals surface area contributed by atoms with E-state index in [1.54, 1.807) is 0 Å². The largest absolute Gasteiger partial charge is 0.481 e. The number of benzene rings is 1. The second-order valence-electron chi connectivity index (χ2n) is 3.17. The lowest BCUT2D eigenvalue weighted by molar-refractivity contribution is -0.154. The zero-order chi connectivity index (χ0) is 12.3. The molecule has 0 amide bonds. The molecule has 16 heavy (non-hydrogen) atoms. The molecule has 6 heteroatoms. The highest BCUT2D eigenvalue weighted by Gasteiger charge is 2.27. The minimum Gasteiger partial charge on any atom is -0.481 e. The maximum atomic E-state index is 13.3. The first-order valence-electron chi connectivity index (χ1n) is 4.31. The van der Waals surface area contributed by atoms with Crippen LogP contribution >= 0.6 is 15.9 Å². The Labute approximate surface area is 98.8 Å². The van der Waals surface area contributed by atoms with Crippen LogP contribution in [0.25, 0.3) is 0 Å². The quantitative estimate of drug-likeness (QED) is 0.831. The van der Waals surface area contributed by atoms with Crippen LogP contribution in [0.15, 0.2) is 22.7 Å². The van der Waals surface area contributed by atoms with Gasteiger partial charge in [-0.15, -0.1) is 0 Å². The van der Waals surface area contributed by atoms with Gasteiger partial charge in [-0.2, -0.15) is 0 Å². The van der Waals surface area contributed by atoms with Crippen LogP contribution in [0.4, 0.5) is 4.39 Å². The van der Waals surface area contributed by atoms with Crippen molar-refractivity contribution >= 4 is 27.9 Å². The highest BCUT2D eigenvalue weighted by atomic mass is 79.9. The second-order valence-corrected chi connectivity index (χ2v) is 4.08. The molecule has 0 saturated heterocycles. The van der Waals surface area contributed by atoms with E-state index in [0.717, 1.165) is 6.07 Å². The molecule has 0 atom stereocenters. The van der Waals surface area contributed by atoms with Crippen molar-refractivity contribution in [3.05, 3.63) is 34.1 Å². The number of carboxylic acids is 2. The van der Waals surface area contributed by atoms with E-state index in [1.165, 1.54) is 12.1 Å². The fourth-order valence-electron chi connectivity index (χ4n) is 1.20. The third-order valence-corrected chi connectivity index (χ3v) is 2.52. The highest BCUT2D eigenvalue weighted by Crippen LogP contribution is 2.19. The third-order valence-electron chi connectivity index (χ3n) is 2.03. The number of hydrogen-bond acceptors (Lipinski definition) is 2. The fraction of sp³-hybridized carbons (Fsp3) is 0.200. The Morgan fingerprint density at radius 3 is 2.38 bits per heavy atom. The molecule has 0 saturated carbocycles. The molecule has 1 aromatic rings. The van der Waals surface area contributed by atoms with Gasteiger partial charge in [0.15, 0.2) is 5.92 Å². The number of hydrogen-bond donors (Lipinski definition) is 2. The zero-order valence-electron chi connectivity index (χ0n) is 7.98. The molecule has 1 rings (SSSR count). The molecule has 86 valence electrons. The van der Waals surface area contributed by atoms with Gasteiger partial charge in [0, 0.05) is 4.47 Å². The Balaban J connectivity index is 2.97. The third kappa shape index (κ3) is 3.03. The van der Waals surface area contributed by atoms with Crippen molar-refractivity contribution in [1.29, 1.82) is 0 Å². The summed E-state index contributed by atoms with van der Waals surface area (Å²) in [5.41, 5.74) is 0.0594. The first-order chi connectivity index (χ1) is 7.41. The second kappa shape index (κ2) is 5.07. The van der Waals surface area contributed by atoms with Crippen LogP contribution in [-0.4, -0.2) is 22.2 Å². The standard InChI is InChI=1S/C10H8BrFO4/c11-6-1-2-8(12)5(3-6)4-7(9(13)14)10(15)16/h1-3,7H,4H2,(H,13,14)(H,15,16). The monoisotopic (exact) mass is 290 g/mol. The van der Waals surface area contributed by atoms with E-state index in [4.69, 9.17) is 10.2 Å². The maximum absolute atomic E-state index is 13.3. The summed E-state index contributed by atoms with van der Waals surface area (Å²) in [5, 5.41) is 17.3. The molecule has 2 N–H and O–H groups in total. The van der Waals surface area contributed by atoms with Crippen molar-refractivity contribution in [2.45, 2.75) is 6.42 Å². The summed E-state index contributed by atoms with van der Waals surface area (Å²) < 4.78 is 13.8. The summed E-state index contributed by atoms with van der Waals surface area (Å²) in [6.07, 6.45) is -0.379. The Bertz CT molecular complexity index is 419. The summed E-state index contributed by atoms with van der Waals surface area (Å²) in [6, 6.07) is 3.98. The Hall–Kier alpha value is -1.43. The van der Waals surface area contributed by atoms with E-state index < -0.39 is 23.7 Å². The number of aliphatic carboxylic acids is 2. The van der Waals surface area contributed by atoms with Gasteiger partial charge in [0.05, 0.1) is 0 Å². The van der Waals surface area contributed by atoms with Crippen molar-refractivity contribution in [1.82, 2.24) is 0 Å². The molecule has 0 bridgehead atoms. The maximum Gasteiger partial charge on any atom is 0.318 e. The van der Waals surface area contributed by atoms with Gasteiger partial charge in [-0.25, -0.2) is 4.39 Å². The topological polar surface area (TPSA) is 74.6 Å². The van der Waals surface area contributed by atoms with Crippen LogP contribution in [0.5, 0.6) is 0 Å². The van der Waals surface area contributed by atoms with Gasteiger partial charge in [-0.3, -0.25) is 9.59 Å². The van der Waals surface area contributed by atoms with Crippen molar-refractivity contribution in [3.63, 3.8) is 0 Å². The summed E-state index contributed by atoms with van der Waals surface area (Å²) >= 11 is 3.10. The molecule has 4 nitrogen and oxygen atoms in total. The van der Waals surface area contributed by atoms with E-state index >= 15 is 0 Å². The number of halogens is 2. The first-order valence-corrected chi connectivity index (χ1v) is 5.10. The predicted octanol–water partition coefficient (Wildman–Crippen LogP) is 1.92. The Morgan fingerprint density at radius 1 is 1.31 bits per heavy atom. The van der Waals surface area contributed by atoms with Crippen molar-refractivity contribution in [3.8, 4) is 0 Å². The average molecular weight is 291 g/mol. The van der Waals surface area contributed by atoms with Crippen LogP contribution in [0.1, 0.15) is 5.56 Å². The van der Waals surface area contributed by atoms with Crippen LogP contribution in [0.2, 0.25) is 0 Å². The van der Waals surface area contributed by atoms with Gasteiger partial charge >= 0.3 is 11.9 Å². The Kier molecular flexibility index (Phi) is 4.00. The lowest BCUT2D eigenvalue weighted by Crippen LogP contribution is -2.25. The average Bonchev–Trinajstić information content (AvgIpc) is 2.18. The minimum atomic E-state index is -1.64. The van der Waals surface area contributed by atoms with Gasteiger partial charge in [0.25, 0.3) is 0 Å². The lowest BCUT2D eigenvalue weighted by Gasteiger charge is -2.08. The van der Waals surface area contributed by atoms with Gasteiger partial charge < -0.3 is 10.2 Å². The van der Waals surface area contributed by atoms with Gasteiger partial charge in [-0.1, -0.05) is 15.9 Å². The molecule has 0 heterocycles. The smallest absolute Gasteiger partial charge is 0.318 e. The molecule has 0 radical (unpaired) electrons. The lowest BCUT2D eigenvalue weighted by atomic mass is 9.99. The minimum absolute atomic E-state index is 0.0594. The number of carbonyl (C=O) groups is 2. The molecular formula is C10H8BrFO4.